The van der Waals surface area contributed by atoms with Crippen LogP contribution in [0.1, 0.15) is 25.0 Å². The van der Waals surface area contributed by atoms with Crippen molar-refractivity contribution in [3.63, 3.8) is 0 Å². The molecule has 0 N–H and O–H groups in total. The highest BCUT2D eigenvalue weighted by Gasteiger charge is 2.21. The first-order valence-electron chi connectivity index (χ1n) is 10.9. The molecule has 0 fully saturated rings. The minimum atomic E-state index is -3.97. The fraction of sp³-hybridized carbons (Fsp3) is 0.455. The van der Waals surface area contributed by atoms with Gasteiger partial charge in [-0.05, 0) is 60.1 Å². The zero-order valence-corrected chi connectivity index (χ0v) is 24.8. The zero-order chi connectivity index (χ0) is 29.1. The highest BCUT2D eigenvalue weighted by molar-refractivity contribution is 7.87. The van der Waals surface area contributed by atoms with Crippen LogP contribution in [0.15, 0.2) is 36.4 Å². The average molecular weight is 615 g/mol. The molecule has 0 spiro atoms. The van der Waals surface area contributed by atoms with E-state index in [0.717, 1.165) is 25.0 Å². The molecule has 2 rings (SSSR count). The van der Waals surface area contributed by atoms with Gasteiger partial charge in [-0.15, -0.1) is 0 Å². The molecule has 0 saturated heterocycles. The van der Waals surface area contributed by atoms with Gasteiger partial charge in [-0.1, -0.05) is 26.0 Å². The summed E-state index contributed by atoms with van der Waals surface area (Å²) in [4.78, 5) is 0. The molecule has 12 nitrogen and oxygen atoms in total. The van der Waals surface area contributed by atoms with E-state index in [1.165, 1.54) is 24.3 Å². The van der Waals surface area contributed by atoms with E-state index in [2.05, 4.69) is 0 Å². The first-order valence-corrected chi connectivity index (χ1v) is 18.2. The van der Waals surface area contributed by atoms with Gasteiger partial charge in [0.2, 0.25) is 0 Å². The second-order valence-corrected chi connectivity index (χ2v) is 15.4. The lowest BCUT2D eigenvalue weighted by molar-refractivity contribution is 0.382. The van der Waals surface area contributed by atoms with Gasteiger partial charge in [0, 0.05) is 0 Å². The van der Waals surface area contributed by atoms with Crippen LogP contribution in [0.4, 0.5) is 0 Å². The third-order valence-electron chi connectivity index (χ3n) is 5.07. The smallest absolute Gasteiger partial charge is 0.306 e. The lowest BCUT2D eigenvalue weighted by atomic mass is 9.85. The van der Waals surface area contributed by atoms with Crippen LogP contribution in [0.5, 0.6) is 23.0 Å². The molecule has 0 unspecified atom stereocenters. The largest absolute Gasteiger partial charge is 0.379 e. The predicted octanol–water partition coefficient (Wildman–Crippen LogP) is 2.10. The maximum absolute atomic E-state index is 11.7. The molecule has 214 valence electrons. The summed E-state index contributed by atoms with van der Waals surface area (Å²) in [6.45, 7) is 3.88. The van der Waals surface area contributed by atoms with Crippen molar-refractivity contribution in [3.8, 4) is 23.0 Å². The molecule has 0 saturated carbocycles. The molecular formula is C22H30O12S4. The Morgan fingerprint density at radius 1 is 0.500 bits per heavy atom. The SMILES string of the molecule is C[C@H](Cc1ccc(OS(C)(=O)=O)c(OS(C)(=O)=O)c1)[C@@H](C)Cc1ccc(OS(C)(=O)=O)c(OS(C)(=O)=O)c1. The van der Waals surface area contributed by atoms with Crippen LogP contribution >= 0.6 is 0 Å². The normalized spacial score (nSPS) is 14.4. The molecule has 0 radical (unpaired) electrons. The molecule has 0 bridgehead atoms. The Bertz CT molecular complexity index is 1470. The molecule has 0 heterocycles. The lowest BCUT2D eigenvalue weighted by Crippen LogP contribution is -2.15. The van der Waals surface area contributed by atoms with E-state index >= 15 is 0 Å². The van der Waals surface area contributed by atoms with Crippen LogP contribution in [0, 0.1) is 11.8 Å². The van der Waals surface area contributed by atoms with E-state index in [1.807, 2.05) is 13.8 Å². The summed E-state index contributed by atoms with van der Waals surface area (Å²) in [6, 6.07) is 8.58. The molecule has 2 aromatic rings. The number of benzene rings is 2. The maximum Gasteiger partial charge on any atom is 0.306 e. The molecule has 38 heavy (non-hydrogen) atoms. The molecule has 16 heteroatoms. The minimum Gasteiger partial charge on any atom is -0.379 e. The minimum absolute atomic E-state index is 0.00557. The van der Waals surface area contributed by atoms with Crippen molar-refractivity contribution in [1.29, 1.82) is 0 Å². The Kier molecular flexibility index (Phi) is 9.72. The summed E-state index contributed by atoms with van der Waals surface area (Å²) in [5.41, 5.74) is 1.31. The molecule has 0 amide bonds. The second kappa shape index (κ2) is 11.7. The van der Waals surface area contributed by atoms with Gasteiger partial charge >= 0.3 is 40.5 Å². The van der Waals surface area contributed by atoms with Crippen LogP contribution < -0.4 is 16.7 Å². The third-order valence-corrected chi connectivity index (χ3v) is 7.00. The fourth-order valence-electron chi connectivity index (χ4n) is 3.43. The lowest BCUT2D eigenvalue weighted by Gasteiger charge is -2.21. The highest BCUT2D eigenvalue weighted by atomic mass is 32.2. The number of hydrogen-bond donors (Lipinski definition) is 0. The van der Waals surface area contributed by atoms with Crippen molar-refractivity contribution >= 4 is 40.5 Å². The molecule has 2 aromatic carbocycles. The maximum atomic E-state index is 11.7. The van der Waals surface area contributed by atoms with Gasteiger partial charge < -0.3 is 16.7 Å². The van der Waals surface area contributed by atoms with Crippen molar-refractivity contribution < 1.29 is 50.4 Å². The van der Waals surface area contributed by atoms with Gasteiger partial charge in [-0.25, -0.2) is 0 Å². The van der Waals surface area contributed by atoms with Crippen molar-refractivity contribution in [2.45, 2.75) is 26.7 Å². The Morgan fingerprint density at radius 3 is 1.03 bits per heavy atom. The Morgan fingerprint density at radius 2 is 0.763 bits per heavy atom. The van der Waals surface area contributed by atoms with Gasteiger partial charge in [0.05, 0.1) is 25.0 Å². The van der Waals surface area contributed by atoms with Gasteiger partial charge in [0.1, 0.15) is 0 Å². The van der Waals surface area contributed by atoms with Crippen LogP contribution in [0.2, 0.25) is 0 Å². The second-order valence-electron chi connectivity index (χ2n) is 9.07. The van der Waals surface area contributed by atoms with Crippen LogP contribution in [0.3, 0.4) is 0 Å². The molecule has 2 atom stereocenters. The molecule has 0 aliphatic rings. The Labute approximate surface area is 224 Å². The fourth-order valence-corrected chi connectivity index (χ4v) is 5.27. The Hall–Kier alpha value is -2.56. The van der Waals surface area contributed by atoms with E-state index in [0.29, 0.717) is 24.0 Å². The standard InChI is InChI=1S/C22H30O12S4/c1-15(11-17-7-9-19(31-35(3,23)24)21(13-17)33-37(5,27)28)16(2)12-18-8-10-20(32-36(4,25)26)22(14-18)34-38(6,29)30/h7-10,13-16H,11-12H2,1-6H3/t15-,16+. The van der Waals surface area contributed by atoms with E-state index in [9.17, 15) is 33.7 Å². The molecular weight excluding hydrogens is 584 g/mol. The summed E-state index contributed by atoms with van der Waals surface area (Å²) in [5.74, 6) is -1.07. The average Bonchev–Trinajstić information content (AvgIpc) is 2.67. The summed E-state index contributed by atoms with van der Waals surface area (Å²) < 4.78 is 112. The van der Waals surface area contributed by atoms with E-state index in [-0.39, 0.29) is 34.8 Å². The summed E-state index contributed by atoms with van der Waals surface area (Å²) in [6.07, 6.45) is 4.18. The van der Waals surface area contributed by atoms with Crippen LogP contribution in [-0.4, -0.2) is 58.7 Å². The topological polar surface area (TPSA) is 173 Å². The monoisotopic (exact) mass is 614 g/mol. The van der Waals surface area contributed by atoms with E-state index in [1.54, 1.807) is 12.1 Å². The molecule has 0 aromatic heterocycles. The summed E-state index contributed by atoms with van der Waals surface area (Å²) in [7, 11) is -15.8. The van der Waals surface area contributed by atoms with E-state index < -0.39 is 40.5 Å². The number of rotatable bonds is 13. The van der Waals surface area contributed by atoms with Gasteiger partial charge in [-0.3, -0.25) is 0 Å². The first kappa shape index (κ1) is 31.7. The Balaban J connectivity index is 2.27. The van der Waals surface area contributed by atoms with Gasteiger partial charge in [0.25, 0.3) is 0 Å². The van der Waals surface area contributed by atoms with E-state index in [4.69, 9.17) is 16.7 Å². The van der Waals surface area contributed by atoms with Crippen LogP contribution in [0.25, 0.3) is 0 Å². The quantitative estimate of drug-likeness (QED) is 0.301. The van der Waals surface area contributed by atoms with Crippen molar-refractivity contribution in [1.82, 2.24) is 0 Å². The zero-order valence-electron chi connectivity index (χ0n) is 21.6. The third kappa shape index (κ3) is 11.4. The predicted molar refractivity (Wildman–Crippen MR) is 141 cm³/mol. The van der Waals surface area contributed by atoms with Gasteiger partial charge in [0.15, 0.2) is 23.0 Å². The van der Waals surface area contributed by atoms with Crippen molar-refractivity contribution in [2.24, 2.45) is 11.8 Å². The van der Waals surface area contributed by atoms with Crippen LogP contribution in [-0.2, 0) is 53.3 Å². The number of hydrogen-bond acceptors (Lipinski definition) is 12. The summed E-state index contributed by atoms with van der Waals surface area (Å²) >= 11 is 0. The van der Waals surface area contributed by atoms with Crippen molar-refractivity contribution in [3.05, 3.63) is 47.5 Å². The molecule has 0 aliphatic heterocycles. The highest BCUT2D eigenvalue weighted by Crippen LogP contribution is 2.34. The molecule has 0 aliphatic carbocycles. The summed E-state index contributed by atoms with van der Waals surface area (Å²) in [5, 5.41) is 0. The van der Waals surface area contributed by atoms with Gasteiger partial charge in [-0.2, -0.15) is 33.7 Å². The first-order chi connectivity index (χ1) is 17.1. The van der Waals surface area contributed by atoms with Crippen molar-refractivity contribution in [2.75, 3.05) is 25.0 Å².